The molecule has 0 aliphatic heterocycles. The third-order valence-electron chi connectivity index (χ3n) is 11.3. The fourth-order valence-corrected chi connectivity index (χ4v) is 11.5. The second-order valence-electron chi connectivity index (χ2n) is 16.6. The normalized spacial score (nSPS) is 14.4. The van der Waals surface area contributed by atoms with Gasteiger partial charge in [-0.1, -0.05) is 60.7 Å². The molecule has 2 fully saturated rings. The molecule has 0 amide bonds. The standard InChI is InChI=1S/C24H24N4O4S3.C24H22N4O3S2/c29-12-16-2-1-3-18(10-16)21-13-34-24(27-21)26-20(22-14-33-23(25-22)17-6-7-17)11-15-4-8-19(9-5-15)28-35(30,31)32;29-12-16-2-1-3-18(10-16)21-13-33-24(27-21)26-20(22-14-32-23(25-22)17-6-7-17)11-15-4-8-19(9-5-15)28(30)31/h1-5,8-10,13-14,17,20,28-29H,6-7,11-12H2,(H,26,27)(H,30,31,32);1-5,8-10,13-14,17,20,29H,6-7,11-12H2,(H,26,27)/t2*20-/m00/s1. The Morgan fingerprint density at radius 1 is 0.618 bits per heavy atom. The van der Waals surface area contributed by atoms with E-state index < -0.39 is 10.3 Å². The van der Waals surface area contributed by atoms with Crippen LogP contribution in [0.3, 0.4) is 0 Å². The zero-order chi connectivity index (χ0) is 47.2. The van der Waals surface area contributed by atoms with Crippen LogP contribution in [0.1, 0.15) is 93.3 Å². The summed E-state index contributed by atoms with van der Waals surface area (Å²) in [5, 5.41) is 49.0. The van der Waals surface area contributed by atoms with E-state index >= 15 is 0 Å². The molecule has 0 unspecified atom stereocenters. The van der Waals surface area contributed by atoms with Crippen LogP contribution in [0.4, 0.5) is 21.6 Å². The van der Waals surface area contributed by atoms with Gasteiger partial charge in [0.25, 0.3) is 5.69 Å². The van der Waals surface area contributed by atoms with E-state index in [-0.39, 0.29) is 35.9 Å². The molecule has 0 saturated heterocycles. The lowest BCUT2D eigenvalue weighted by Crippen LogP contribution is -2.14. The summed E-state index contributed by atoms with van der Waals surface area (Å²) in [5.41, 5.74) is 9.56. The van der Waals surface area contributed by atoms with Gasteiger partial charge in [-0.3, -0.25) is 19.4 Å². The van der Waals surface area contributed by atoms with Crippen molar-refractivity contribution in [1.29, 1.82) is 0 Å². The van der Waals surface area contributed by atoms with E-state index in [0.29, 0.717) is 30.4 Å². The van der Waals surface area contributed by atoms with Crippen LogP contribution in [-0.2, 0) is 36.4 Å². The number of rotatable bonds is 19. The second-order valence-corrected chi connectivity index (χ2v) is 21.2. The monoisotopic (exact) mass is 1010 g/mol. The lowest BCUT2D eigenvalue weighted by Gasteiger charge is -2.17. The number of nitrogens with zero attached hydrogens (tertiary/aromatic N) is 5. The van der Waals surface area contributed by atoms with Gasteiger partial charge in [-0.25, -0.2) is 19.9 Å². The lowest BCUT2D eigenvalue weighted by molar-refractivity contribution is -0.384. The van der Waals surface area contributed by atoms with Crippen LogP contribution in [0.15, 0.2) is 119 Å². The Balaban J connectivity index is 0.000000170. The van der Waals surface area contributed by atoms with Gasteiger partial charge < -0.3 is 20.8 Å². The maximum Gasteiger partial charge on any atom is 0.357 e. The molecule has 68 heavy (non-hydrogen) atoms. The molecule has 2 saturated carbocycles. The van der Waals surface area contributed by atoms with E-state index in [1.165, 1.54) is 58.4 Å². The largest absolute Gasteiger partial charge is 0.392 e. The van der Waals surface area contributed by atoms with Gasteiger partial charge in [0.15, 0.2) is 10.3 Å². The van der Waals surface area contributed by atoms with Crippen LogP contribution in [0, 0.1) is 10.1 Å². The van der Waals surface area contributed by atoms with Crippen molar-refractivity contribution in [3.05, 3.63) is 172 Å². The molecule has 20 heteroatoms. The second kappa shape index (κ2) is 21.1. The first kappa shape index (κ1) is 47.1. The van der Waals surface area contributed by atoms with E-state index in [1.54, 1.807) is 59.1 Å². The Labute approximate surface area is 408 Å². The number of benzene rings is 4. The number of non-ortho nitro benzene ring substituents is 1. The summed E-state index contributed by atoms with van der Waals surface area (Å²) in [7, 11) is -4.31. The number of nitro benzene ring substituents is 1. The predicted octanol–water partition coefficient (Wildman–Crippen LogP) is 11.2. The molecule has 350 valence electrons. The van der Waals surface area contributed by atoms with Gasteiger partial charge in [0.2, 0.25) is 0 Å². The van der Waals surface area contributed by atoms with Gasteiger partial charge in [0.1, 0.15) is 0 Å². The maximum absolute atomic E-state index is 11.1. The average Bonchev–Trinajstić information content (AvgIpc) is 4.10. The first-order valence-corrected chi connectivity index (χ1v) is 26.7. The number of aliphatic hydroxyl groups excluding tert-OH is 2. The molecule has 2 atom stereocenters. The van der Waals surface area contributed by atoms with Crippen LogP contribution in [0.2, 0.25) is 0 Å². The van der Waals surface area contributed by atoms with Crippen molar-refractivity contribution in [2.75, 3.05) is 15.4 Å². The molecule has 2 aliphatic rings. The fraction of sp³-hybridized carbons (Fsp3) is 0.250. The SMILES string of the molecule is O=S(=O)(O)Nc1ccc(C[C@H](Nc2nc(-c3cccc(CO)c3)cs2)c2csc(C3CC3)n2)cc1.O=[N+]([O-])c1ccc(C[C@H](Nc2nc(-c3cccc(CO)c3)cs2)c2csc(C3CC3)n2)cc1. The minimum absolute atomic E-state index is 0.00640. The van der Waals surface area contributed by atoms with Gasteiger partial charge in [0.05, 0.1) is 68.7 Å². The van der Waals surface area contributed by atoms with Crippen LogP contribution < -0.4 is 15.4 Å². The van der Waals surface area contributed by atoms with Crippen molar-refractivity contribution >= 4 is 77.3 Å². The predicted molar refractivity (Wildman–Crippen MR) is 270 cm³/mol. The van der Waals surface area contributed by atoms with Crippen LogP contribution in [0.25, 0.3) is 22.5 Å². The topological polar surface area (TPSA) is 226 Å². The van der Waals surface area contributed by atoms with Gasteiger partial charge in [0, 0.05) is 56.6 Å². The number of anilines is 3. The molecular formula is C48H46N8O7S5. The Hall–Kier alpha value is -5.97. The molecule has 15 nitrogen and oxygen atoms in total. The zero-order valence-corrected chi connectivity index (χ0v) is 40.3. The Bertz CT molecular complexity index is 3090. The van der Waals surface area contributed by atoms with Crippen LogP contribution in [-0.4, -0.2) is 48.0 Å². The highest BCUT2D eigenvalue weighted by Crippen LogP contribution is 2.44. The molecule has 0 bridgehead atoms. The molecule has 0 radical (unpaired) electrons. The lowest BCUT2D eigenvalue weighted by atomic mass is 10.0. The minimum atomic E-state index is -4.31. The van der Waals surface area contributed by atoms with Crippen LogP contribution >= 0.6 is 45.3 Å². The van der Waals surface area contributed by atoms with Crippen molar-refractivity contribution in [2.45, 2.75) is 75.7 Å². The molecule has 4 aromatic carbocycles. The third-order valence-corrected chi connectivity index (χ3v) is 15.4. The van der Waals surface area contributed by atoms with E-state index in [1.807, 2.05) is 71.4 Å². The summed E-state index contributed by atoms with van der Waals surface area (Å²) in [6.07, 6.45) is 6.05. The molecule has 8 aromatic rings. The number of nitro groups is 1. The van der Waals surface area contributed by atoms with Crippen molar-refractivity contribution in [1.82, 2.24) is 19.9 Å². The van der Waals surface area contributed by atoms with Gasteiger partial charge >= 0.3 is 10.3 Å². The quantitative estimate of drug-likeness (QED) is 0.0252. The summed E-state index contributed by atoms with van der Waals surface area (Å²) in [5.74, 6) is 1.17. The number of hydrogen-bond acceptors (Lipinski definition) is 16. The molecule has 4 heterocycles. The number of hydrogen-bond donors (Lipinski definition) is 6. The van der Waals surface area contributed by atoms with Crippen molar-refractivity contribution in [2.24, 2.45) is 0 Å². The van der Waals surface area contributed by atoms with E-state index in [4.69, 9.17) is 24.5 Å². The van der Waals surface area contributed by atoms with Gasteiger partial charge in [-0.15, -0.1) is 45.3 Å². The number of nitrogens with one attached hydrogen (secondary N) is 3. The molecule has 6 N–H and O–H groups in total. The van der Waals surface area contributed by atoms with E-state index in [9.17, 15) is 28.7 Å². The Kier molecular flexibility index (Phi) is 14.6. The van der Waals surface area contributed by atoms with Crippen LogP contribution in [0.5, 0.6) is 0 Å². The van der Waals surface area contributed by atoms with Crippen molar-refractivity contribution < 1.29 is 28.1 Å². The first-order chi connectivity index (χ1) is 32.9. The smallest absolute Gasteiger partial charge is 0.357 e. The fourth-order valence-electron chi connectivity index (χ4n) is 7.40. The Morgan fingerprint density at radius 2 is 1.07 bits per heavy atom. The number of aromatic nitrogens is 4. The highest BCUT2D eigenvalue weighted by Gasteiger charge is 2.29. The molecule has 0 spiro atoms. The molecule has 10 rings (SSSR count). The molecule has 4 aromatic heterocycles. The summed E-state index contributed by atoms with van der Waals surface area (Å²) in [6, 6.07) is 28.7. The number of thiazole rings is 4. The van der Waals surface area contributed by atoms with E-state index in [0.717, 1.165) is 66.4 Å². The minimum Gasteiger partial charge on any atom is -0.392 e. The molecular weight excluding hydrogens is 961 g/mol. The summed E-state index contributed by atoms with van der Waals surface area (Å²) >= 11 is 6.43. The summed E-state index contributed by atoms with van der Waals surface area (Å²) < 4.78 is 33.2. The average molecular weight is 1010 g/mol. The Morgan fingerprint density at radius 3 is 1.49 bits per heavy atom. The highest BCUT2D eigenvalue weighted by molar-refractivity contribution is 7.87. The summed E-state index contributed by atoms with van der Waals surface area (Å²) in [4.78, 5) is 29.9. The zero-order valence-electron chi connectivity index (χ0n) is 36.3. The maximum atomic E-state index is 11.1. The third kappa shape index (κ3) is 12.6. The molecule has 2 aliphatic carbocycles. The van der Waals surface area contributed by atoms with Gasteiger partial charge in [-0.05, 0) is 85.0 Å². The highest BCUT2D eigenvalue weighted by atomic mass is 32.2. The number of aliphatic hydroxyl groups is 2. The first-order valence-electron chi connectivity index (χ1n) is 21.8. The van der Waals surface area contributed by atoms with Gasteiger partial charge in [-0.2, -0.15) is 8.42 Å². The summed E-state index contributed by atoms with van der Waals surface area (Å²) in [6.45, 7) is -0.0234. The van der Waals surface area contributed by atoms with Crippen molar-refractivity contribution in [3.63, 3.8) is 0 Å². The van der Waals surface area contributed by atoms with Crippen molar-refractivity contribution in [3.8, 4) is 22.5 Å². The van der Waals surface area contributed by atoms with E-state index in [2.05, 4.69) is 26.1 Å².